The van der Waals surface area contributed by atoms with Gasteiger partial charge in [0.2, 0.25) is 0 Å². The van der Waals surface area contributed by atoms with Crippen LogP contribution in [0.4, 0.5) is 0 Å². The highest BCUT2D eigenvalue weighted by molar-refractivity contribution is 5.76. The Morgan fingerprint density at radius 1 is 1.18 bits per heavy atom. The van der Waals surface area contributed by atoms with E-state index in [2.05, 4.69) is 25.6 Å². The molecule has 3 heterocycles. The molecule has 1 saturated carbocycles. The van der Waals surface area contributed by atoms with E-state index in [1.165, 1.54) is 49.1 Å². The zero-order valence-corrected chi connectivity index (χ0v) is 16.0. The average molecular weight is 378 g/mol. The molecule has 1 atom stereocenters. The zero-order chi connectivity index (χ0) is 19.1. The zero-order valence-electron chi connectivity index (χ0n) is 16.0. The Kier molecular flexibility index (Phi) is 4.41. The molecule has 3 aromatic heterocycles. The molecule has 0 radical (unpaired) electrons. The molecule has 6 heteroatoms. The monoisotopic (exact) mass is 378 g/mol. The van der Waals surface area contributed by atoms with Crippen LogP contribution in [0.15, 0.2) is 30.6 Å². The van der Waals surface area contributed by atoms with Crippen LogP contribution in [-0.4, -0.2) is 30.5 Å². The van der Waals surface area contributed by atoms with Crippen molar-refractivity contribution in [3.05, 3.63) is 53.1 Å². The van der Waals surface area contributed by atoms with Crippen LogP contribution < -0.4 is 0 Å². The first-order valence-electron chi connectivity index (χ1n) is 10.4. The van der Waals surface area contributed by atoms with E-state index in [4.69, 9.17) is 0 Å². The molecule has 0 amide bonds. The SMILES string of the molecule is O=C(O)Cc1c2c(n3ccccc13)CC(n1nncc1C1CCCCC1)CC2. The largest absolute Gasteiger partial charge is 0.481 e. The molecule has 0 spiro atoms. The first kappa shape index (κ1) is 17.5. The number of carboxylic acids is 1. The molecule has 0 bridgehead atoms. The second-order valence-corrected chi connectivity index (χ2v) is 8.27. The lowest BCUT2D eigenvalue weighted by Crippen LogP contribution is -2.24. The second kappa shape index (κ2) is 7.08. The molecular formula is C22H26N4O2. The van der Waals surface area contributed by atoms with E-state index in [0.717, 1.165) is 30.3 Å². The third-order valence-electron chi connectivity index (χ3n) is 6.63. The van der Waals surface area contributed by atoms with E-state index in [0.29, 0.717) is 12.0 Å². The van der Waals surface area contributed by atoms with Crippen LogP contribution >= 0.6 is 0 Å². The molecule has 3 aromatic rings. The van der Waals surface area contributed by atoms with Gasteiger partial charge in [-0.05, 0) is 48.9 Å². The van der Waals surface area contributed by atoms with Crippen LogP contribution in [0.25, 0.3) is 5.52 Å². The van der Waals surface area contributed by atoms with Gasteiger partial charge >= 0.3 is 5.97 Å². The molecule has 1 N–H and O–H groups in total. The highest BCUT2D eigenvalue weighted by Crippen LogP contribution is 2.38. The van der Waals surface area contributed by atoms with E-state index in [-0.39, 0.29) is 6.42 Å². The molecule has 2 aliphatic rings. The van der Waals surface area contributed by atoms with Crippen LogP contribution in [-0.2, 0) is 24.1 Å². The van der Waals surface area contributed by atoms with Gasteiger partial charge in [0.05, 0.1) is 24.4 Å². The van der Waals surface area contributed by atoms with Gasteiger partial charge in [-0.1, -0.05) is 30.5 Å². The molecular weight excluding hydrogens is 352 g/mol. The third-order valence-corrected chi connectivity index (χ3v) is 6.63. The minimum Gasteiger partial charge on any atom is -0.481 e. The highest BCUT2D eigenvalue weighted by atomic mass is 16.4. The first-order valence-corrected chi connectivity index (χ1v) is 10.4. The van der Waals surface area contributed by atoms with Crippen molar-refractivity contribution in [3.63, 3.8) is 0 Å². The van der Waals surface area contributed by atoms with Crippen molar-refractivity contribution >= 4 is 11.5 Å². The molecule has 0 saturated heterocycles. The maximum absolute atomic E-state index is 11.4. The first-order chi connectivity index (χ1) is 13.7. The summed E-state index contributed by atoms with van der Waals surface area (Å²) in [7, 11) is 0. The lowest BCUT2D eigenvalue weighted by Gasteiger charge is -2.28. The fourth-order valence-electron chi connectivity index (χ4n) is 5.33. The molecule has 146 valence electrons. The number of carboxylic acid groups (broad SMARTS) is 1. The lowest BCUT2D eigenvalue weighted by molar-refractivity contribution is -0.136. The van der Waals surface area contributed by atoms with E-state index in [1.807, 2.05) is 24.4 Å². The summed E-state index contributed by atoms with van der Waals surface area (Å²) in [4.78, 5) is 11.4. The van der Waals surface area contributed by atoms with Crippen molar-refractivity contribution in [2.75, 3.05) is 0 Å². The van der Waals surface area contributed by atoms with Gasteiger partial charge in [-0.3, -0.25) is 4.79 Å². The third kappa shape index (κ3) is 2.91. The summed E-state index contributed by atoms with van der Waals surface area (Å²) in [6, 6.07) is 6.34. The van der Waals surface area contributed by atoms with Crippen LogP contribution in [0.3, 0.4) is 0 Å². The molecule has 0 aliphatic heterocycles. The van der Waals surface area contributed by atoms with Crippen molar-refractivity contribution in [1.29, 1.82) is 0 Å². The number of hydrogen-bond donors (Lipinski definition) is 1. The van der Waals surface area contributed by atoms with Gasteiger partial charge in [0.1, 0.15) is 0 Å². The topological polar surface area (TPSA) is 72.4 Å². The van der Waals surface area contributed by atoms with Gasteiger partial charge in [-0.25, -0.2) is 4.68 Å². The number of rotatable bonds is 4. The van der Waals surface area contributed by atoms with Gasteiger partial charge in [-0.2, -0.15) is 0 Å². The number of nitrogens with zero attached hydrogens (tertiary/aromatic N) is 4. The summed E-state index contributed by atoms with van der Waals surface area (Å²) in [6.07, 6.45) is 13.3. The average Bonchev–Trinajstić information content (AvgIpc) is 3.32. The minimum atomic E-state index is -0.767. The Labute approximate surface area is 164 Å². The molecule has 6 nitrogen and oxygen atoms in total. The molecule has 0 aromatic carbocycles. The predicted octanol–water partition coefficient (Wildman–Crippen LogP) is 3.94. The molecule has 28 heavy (non-hydrogen) atoms. The summed E-state index contributed by atoms with van der Waals surface area (Å²) in [5, 5.41) is 18.1. The summed E-state index contributed by atoms with van der Waals surface area (Å²) < 4.78 is 4.37. The van der Waals surface area contributed by atoms with Crippen molar-refractivity contribution in [1.82, 2.24) is 19.4 Å². The standard InChI is InChI=1S/C22H26N4O2/c27-22(28)13-18-17-10-9-16(12-20(17)25-11-5-4-8-19(18)25)26-21(14-23-24-26)15-6-2-1-3-7-15/h4-5,8,11,14-16H,1-3,6-7,9-10,12-13H2,(H,27,28). The van der Waals surface area contributed by atoms with Crippen molar-refractivity contribution in [2.45, 2.75) is 69.7 Å². The summed E-state index contributed by atoms with van der Waals surface area (Å²) in [6.45, 7) is 0. The summed E-state index contributed by atoms with van der Waals surface area (Å²) in [5.41, 5.74) is 5.77. The van der Waals surface area contributed by atoms with Crippen LogP contribution in [0.1, 0.15) is 73.0 Å². The van der Waals surface area contributed by atoms with E-state index < -0.39 is 5.97 Å². The predicted molar refractivity (Wildman–Crippen MR) is 106 cm³/mol. The normalized spacial score (nSPS) is 20.4. The number of fused-ring (bicyclic) bond motifs is 3. The van der Waals surface area contributed by atoms with Crippen LogP contribution in [0, 0.1) is 0 Å². The summed E-state index contributed by atoms with van der Waals surface area (Å²) >= 11 is 0. The molecule has 1 unspecified atom stereocenters. The van der Waals surface area contributed by atoms with Crippen LogP contribution in [0.2, 0.25) is 0 Å². The van der Waals surface area contributed by atoms with Gasteiger partial charge in [0, 0.05) is 29.7 Å². The van der Waals surface area contributed by atoms with Gasteiger partial charge < -0.3 is 9.51 Å². The Balaban J connectivity index is 1.51. The van der Waals surface area contributed by atoms with E-state index >= 15 is 0 Å². The quantitative estimate of drug-likeness (QED) is 0.746. The highest BCUT2D eigenvalue weighted by Gasteiger charge is 2.30. The Morgan fingerprint density at radius 2 is 2.04 bits per heavy atom. The smallest absolute Gasteiger partial charge is 0.307 e. The number of hydrogen-bond acceptors (Lipinski definition) is 3. The molecule has 2 aliphatic carbocycles. The van der Waals surface area contributed by atoms with Gasteiger partial charge in [0.15, 0.2) is 0 Å². The Bertz CT molecular complexity index is 1010. The number of carbonyl (C=O) groups is 1. The Morgan fingerprint density at radius 3 is 2.86 bits per heavy atom. The lowest BCUT2D eigenvalue weighted by atomic mass is 9.86. The fraction of sp³-hybridized carbons (Fsp3) is 0.500. The second-order valence-electron chi connectivity index (χ2n) is 8.27. The molecule has 5 rings (SSSR count). The molecule has 1 fully saturated rings. The maximum Gasteiger partial charge on any atom is 0.307 e. The minimum absolute atomic E-state index is 0.0875. The number of aliphatic carboxylic acids is 1. The van der Waals surface area contributed by atoms with Crippen LogP contribution in [0.5, 0.6) is 0 Å². The van der Waals surface area contributed by atoms with E-state index in [1.54, 1.807) is 0 Å². The maximum atomic E-state index is 11.4. The number of pyridine rings is 1. The summed E-state index contributed by atoms with van der Waals surface area (Å²) in [5.74, 6) is -0.186. The number of aromatic nitrogens is 4. The fourth-order valence-corrected chi connectivity index (χ4v) is 5.33. The Hall–Kier alpha value is -2.63. The van der Waals surface area contributed by atoms with Crippen molar-refractivity contribution in [3.8, 4) is 0 Å². The van der Waals surface area contributed by atoms with E-state index in [9.17, 15) is 9.90 Å². The van der Waals surface area contributed by atoms with Crippen molar-refractivity contribution in [2.24, 2.45) is 0 Å². The van der Waals surface area contributed by atoms with Gasteiger partial charge in [0.25, 0.3) is 0 Å². The van der Waals surface area contributed by atoms with Crippen molar-refractivity contribution < 1.29 is 9.90 Å². The van der Waals surface area contributed by atoms with Gasteiger partial charge in [-0.15, -0.1) is 5.10 Å².